The number of hydrogen-bond donors (Lipinski definition) is 1. The van der Waals surface area contributed by atoms with Crippen molar-refractivity contribution in [1.82, 2.24) is 35.0 Å². The molecule has 174 valence electrons. The van der Waals surface area contributed by atoms with Gasteiger partial charge in [-0.15, -0.1) is 5.10 Å². The van der Waals surface area contributed by atoms with Crippen molar-refractivity contribution in [2.45, 2.75) is 38.6 Å². The molecule has 1 amide bonds. The number of pyridine rings is 1. The number of carbonyl (C=O) groups excluding carboxylic acids is 2. The van der Waals surface area contributed by atoms with Crippen molar-refractivity contribution in [1.29, 1.82) is 0 Å². The molecule has 0 bridgehead atoms. The fourth-order valence-corrected chi connectivity index (χ4v) is 5.13. The zero-order chi connectivity index (χ0) is 23.0. The van der Waals surface area contributed by atoms with Crippen LogP contribution in [0.4, 0.5) is 0 Å². The fourth-order valence-electron chi connectivity index (χ4n) is 5.13. The van der Waals surface area contributed by atoms with Crippen molar-refractivity contribution >= 4 is 11.9 Å². The molecule has 0 aromatic carbocycles. The lowest BCUT2D eigenvalue weighted by atomic mass is 9.76. The molecule has 5 rings (SSSR count). The van der Waals surface area contributed by atoms with Crippen LogP contribution in [-0.4, -0.2) is 90.9 Å². The van der Waals surface area contributed by atoms with Gasteiger partial charge in [0.05, 0.1) is 23.3 Å². The third kappa shape index (κ3) is 3.91. The summed E-state index contributed by atoms with van der Waals surface area (Å²) in [4.78, 5) is 33.5. The number of nitrogens with zero attached hydrogens (tertiary/aromatic N) is 7. The highest BCUT2D eigenvalue weighted by Gasteiger charge is 2.50. The van der Waals surface area contributed by atoms with E-state index in [2.05, 4.69) is 25.4 Å². The molecular weight excluding hydrogens is 426 g/mol. The summed E-state index contributed by atoms with van der Waals surface area (Å²) in [6.07, 6.45) is 6.22. The van der Waals surface area contributed by atoms with Gasteiger partial charge in [0.25, 0.3) is 0 Å². The number of piperidine rings is 1. The summed E-state index contributed by atoms with van der Waals surface area (Å²) in [7, 11) is 0. The predicted octanol–water partition coefficient (Wildman–Crippen LogP) is 0.106. The third-order valence-electron chi connectivity index (χ3n) is 7.26. The van der Waals surface area contributed by atoms with Crippen LogP contribution in [0.25, 0.3) is 5.82 Å². The average molecular weight is 454 g/mol. The number of amides is 1. The summed E-state index contributed by atoms with van der Waals surface area (Å²) in [5, 5.41) is 21.1. The normalized spacial score (nSPS) is 21.8. The second kappa shape index (κ2) is 8.64. The number of carbonyl (C=O) groups is 2. The molecule has 0 saturated carbocycles. The van der Waals surface area contributed by atoms with E-state index in [0.29, 0.717) is 24.4 Å². The van der Waals surface area contributed by atoms with E-state index in [0.717, 1.165) is 43.6 Å². The Morgan fingerprint density at radius 3 is 2.58 bits per heavy atom. The maximum absolute atomic E-state index is 13.3. The number of cyclic esters (lactones) is 1. The molecule has 0 radical (unpaired) electrons. The van der Waals surface area contributed by atoms with Gasteiger partial charge in [-0.2, -0.15) is 4.68 Å². The van der Waals surface area contributed by atoms with Crippen molar-refractivity contribution in [3.63, 3.8) is 0 Å². The van der Waals surface area contributed by atoms with Gasteiger partial charge in [0, 0.05) is 18.8 Å². The second-order valence-electron chi connectivity index (χ2n) is 8.99. The van der Waals surface area contributed by atoms with Gasteiger partial charge in [-0.3, -0.25) is 9.69 Å². The molecule has 1 atom stereocenters. The zero-order valence-corrected chi connectivity index (χ0v) is 18.6. The second-order valence-corrected chi connectivity index (χ2v) is 8.99. The highest BCUT2D eigenvalue weighted by molar-refractivity contribution is 5.94. The number of aromatic nitrogens is 5. The van der Waals surface area contributed by atoms with Crippen LogP contribution < -0.4 is 0 Å². The Balaban J connectivity index is 1.21. The van der Waals surface area contributed by atoms with E-state index in [1.54, 1.807) is 18.0 Å². The van der Waals surface area contributed by atoms with Gasteiger partial charge in [-0.05, 0) is 67.8 Å². The summed E-state index contributed by atoms with van der Waals surface area (Å²) in [6, 6.07) is 3.78. The number of aliphatic hydroxyl groups is 1. The lowest BCUT2D eigenvalue weighted by Crippen LogP contribution is -2.49. The van der Waals surface area contributed by atoms with E-state index < -0.39 is 0 Å². The SMILES string of the molecule is CC1=C(N2CCC3(CCN(C(CO)Cc4ccc(-n5cnnn5)nc4)CC3)C2=O)COC1=O. The zero-order valence-electron chi connectivity index (χ0n) is 18.6. The standard InChI is InChI=1S/C22H27N7O4/c1-15-18(13-33-20(15)31)28-9-6-22(21(28)32)4-7-27(8-5-22)17(12-30)10-16-2-3-19(23-11-16)29-14-24-25-26-29/h2-3,11,14,17,30H,4-10,12-13H2,1H3. The largest absolute Gasteiger partial charge is 0.456 e. The Kier molecular flexibility index (Phi) is 5.67. The van der Waals surface area contributed by atoms with Gasteiger partial charge in [0.2, 0.25) is 5.91 Å². The smallest absolute Gasteiger partial charge is 0.336 e. The maximum Gasteiger partial charge on any atom is 0.336 e. The average Bonchev–Trinajstić information content (AvgIpc) is 3.56. The monoisotopic (exact) mass is 453 g/mol. The van der Waals surface area contributed by atoms with Crippen LogP contribution in [0.1, 0.15) is 31.7 Å². The number of likely N-dealkylation sites (tertiary alicyclic amines) is 2. The molecule has 33 heavy (non-hydrogen) atoms. The molecule has 3 aliphatic heterocycles. The molecule has 1 spiro atoms. The molecule has 0 aliphatic carbocycles. The van der Waals surface area contributed by atoms with Gasteiger partial charge in [-0.25, -0.2) is 9.78 Å². The molecule has 11 heteroatoms. The van der Waals surface area contributed by atoms with Crippen molar-refractivity contribution < 1.29 is 19.4 Å². The number of esters is 1. The first kappa shape index (κ1) is 21.7. The van der Waals surface area contributed by atoms with Crippen LogP contribution in [0.5, 0.6) is 0 Å². The van der Waals surface area contributed by atoms with Gasteiger partial charge in [0.1, 0.15) is 12.9 Å². The lowest BCUT2D eigenvalue weighted by Gasteiger charge is -2.41. The summed E-state index contributed by atoms with van der Waals surface area (Å²) < 4.78 is 6.59. The molecule has 5 heterocycles. The molecule has 1 unspecified atom stereocenters. The molecule has 2 fully saturated rings. The van der Waals surface area contributed by atoms with Crippen LogP contribution >= 0.6 is 0 Å². The minimum absolute atomic E-state index is 0.0351. The number of tetrazole rings is 1. The molecule has 2 aromatic heterocycles. The molecule has 2 saturated heterocycles. The van der Waals surface area contributed by atoms with E-state index in [1.807, 2.05) is 12.1 Å². The fraction of sp³-hybridized carbons (Fsp3) is 0.545. The molecule has 3 aliphatic rings. The van der Waals surface area contributed by atoms with Crippen LogP contribution in [0.3, 0.4) is 0 Å². The summed E-state index contributed by atoms with van der Waals surface area (Å²) >= 11 is 0. The first-order valence-corrected chi connectivity index (χ1v) is 11.2. The van der Waals surface area contributed by atoms with Crippen LogP contribution in [-0.2, 0) is 20.7 Å². The molecule has 1 N–H and O–H groups in total. The third-order valence-corrected chi connectivity index (χ3v) is 7.26. The van der Waals surface area contributed by atoms with Gasteiger partial charge >= 0.3 is 5.97 Å². The number of rotatable bonds is 6. The van der Waals surface area contributed by atoms with Crippen molar-refractivity contribution in [2.75, 3.05) is 32.8 Å². The Hall–Kier alpha value is -3.18. The minimum Gasteiger partial charge on any atom is -0.456 e. The Labute approximate surface area is 191 Å². The Morgan fingerprint density at radius 1 is 1.18 bits per heavy atom. The number of aliphatic hydroxyl groups excluding tert-OH is 1. The quantitative estimate of drug-likeness (QED) is 0.606. The van der Waals surface area contributed by atoms with E-state index >= 15 is 0 Å². The first-order valence-electron chi connectivity index (χ1n) is 11.2. The number of ether oxygens (including phenoxy) is 1. The Bertz CT molecular complexity index is 1060. The minimum atomic E-state index is -0.384. The van der Waals surface area contributed by atoms with Crippen molar-refractivity contribution in [2.24, 2.45) is 5.41 Å². The molecule has 11 nitrogen and oxygen atoms in total. The highest BCUT2D eigenvalue weighted by Crippen LogP contribution is 2.44. The summed E-state index contributed by atoms with van der Waals surface area (Å²) in [6.45, 7) is 4.06. The highest BCUT2D eigenvalue weighted by atomic mass is 16.5. The van der Waals surface area contributed by atoms with Crippen molar-refractivity contribution in [3.05, 3.63) is 41.5 Å². The maximum atomic E-state index is 13.3. The lowest BCUT2D eigenvalue weighted by molar-refractivity contribution is -0.139. The van der Waals surface area contributed by atoms with Crippen molar-refractivity contribution in [3.8, 4) is 5.82 Å². The van der Waals surface area contributed by atoms with Crippen LogP contribution in [0.15, 0.2) is 35.9 Å². The van der Waals surface area contributed by atoms with Gasteiger partial charge < -0.3 is 14.7 Å². The Morgan fingerprint density at radius 2 is 1.97 bits per heavy atom. The van der Waals surface area contributed by atoms with E-state index in [9.17, 15) is 14.7 Å². The van der Waals surface area contributed by atoms with E-state index in [1.165, 1.54) is 11.0 Å². The molecule has 2 aromatic rings. The van der Waals surface area contributed by atoms with Crippen LogP contribution in [0, 0.1) is 5.41 Å². The topological polar surface area (TPSA) is 127 Å². The number of hydrogen-bond acceptors (Lipinski definition) is 9. The summed E-state index contributed by atoms with van der Waals surface area (Å²) in [5.74, 6) is 0.408. The van der Waals surface area contributed by atoms with Gasteiger partial charge in [-0.1, -0.05) is 6.07 Å². The summed E-state index contributed by atoms with van der Waals surface area (Å²) in [5.41, 5.74) is 1.89. The van der Waals surface area contributed by atoms with Crippen LogP contribution in [0.2, 0.25) is 0 Å². The van der Waals surface area contributed by atoms with Gasteiger partial charge in [0.15, 0.2) is 5.82 Å². The predicted molar refractivity (Wildman–Crippen MR) is 115 cm³/mol. The van der Waals surface area contributed by atoms with E-state index in [4.69, 9.17) is 4.74 Å². The van der Waals surface area contributed by atoms with E-state index in [-0.39, 0.29) is 36.5 Å². The molecular formula is C22H27N7O4. The first-order chi connectivity index (χ1) is 16.0.